The van der Waals surface area contributed by atoms with Gasteiger partial charge < -0.3 is 5.32 Å². The molecule has 23 heavy (non-hydrogen) atoms. The van der Waals surface area contributed by atoms with Gasteiger partial charge in [0, 0.05) is 23.6 Å². The van der Waals surface area contributed by atoms with Gasteiger partial charge in [-0.25, -0.2) is 0 Å². The summed E-state index contributed by atoms with van der Waals surface area (Å²) in [5, 5.41) is 12.1. The number of amides is 1. The Hall–Kier alpha value is -2.67. The van der Waals surface area contributed by atoms with Crippen molar-refractivity contribution in [3.63, 3.8) is 0 Å². The molecule has 1 spiro atoms. The second-order valence-electron chi connectivity index (χ2n) is 6.43. The van der Waals surface area contributed by atoms with E-state index in [1.54, 1.807) is 12.4 Å². The molecule has 1 fully saturated rings. The minimum absolute atomic E-state index is 0.147. The summed E-state index contributed by atoms with van der Waals surface area (Å²) >= 11 is 0. The molecule has 4 nitrogen and oxygen atoms in total. The second kappa shape index (κ2) is 5.20. The van der Waals surface area contributed by atoms with E-state index in [9.17, 15) is 4.79 Å². The Morgan fingerprint density at radius 2 is 1.91 bits per heavy atom. The number of carbonyl (C=O) groups excluding carboxylic acids is 1. The summed E-state index contributed by atoms with van der Waals surface area (Å²) in [5.74, 6) is 0.147. The number of benzene rings is 1. The molecule has 1 N–H and O–H groups in total. The summed E-state index contributed by atoms with van der Waals surface area (Å²) in [7, 11) is 0. The highest BCUT2D eigenvalue weighted by atomic mass is 16.2. The number of hydrogen-bond acceptors (Lipinski definition) is 3. The third kappa shape index (κ3) is 2.12. The third-order valence-electron chi connectivity index (χ3n) is 5.13. The number of pyridine rings is 1. The minimum atomic E-state index is -0.357. The van der Waals surface area contributed by atoms with Crippen LogP contribution in [-0.2, 0) is 10.2 Å². The molecule has 1 saturated carbocycles. The Labute approximate surface area is 135 Å². The molecule has 0 radical (unpaired) electrons. The first-order chi connectivity index (χ1) is 11.2. The zero-order valence-corrected chi connectivity index (χ0v) is 12.8. The van der Waals surface area contributed by atoms with E-state index in [2.05, 4.69) is 22.4 Å². The molecule has 0 unspecified atom stereocenters. The first-order valence-corrected chi connectivity index (χ1v) is 8.04. The number of hydrogen-bond donors (Lipinski definition) is 1. The van der Waals surface area contributed by atoms with Crippen LogP contribution in [0, 0.1) is 11.3 Å². The maximum Gasteiger partial charge on any atom is 0.235 e. The normalized spacial score (nSPS) is 18.3. The Morgan fingerprint density at radius 3 is 2.70 bits per heavy atom. The summed E-state index contributed by atoms with van der Waals surface area (Å²) in [6.45, 7) is 0. The molecule has 1 aliphatic heterocycles. The molecule has 114 valence electrons. The monoisotopic (exact) mass is 303 g/mol. The summed E-state index contributed by atoms with van der Waals surface area (Å²) < 4.78 is 0. The van der Waals surface area contributed by atoms with E-state index in [0.717, 1.165) is 48.1 Å². The van der Waals surface area contributed by atoms with E-state index in [1.807, 2.05) is 18.2 Å². The Morgan fingerprint density at radius 1 is 1.09 bits per heavy atom. The van der Waals surface area contributed by atoms with Crippen molar-refractivity contribution in [3.05, 3.63) is 47.8 Å². The van der Waals surface area contributed by atoms with E-state index in [0.29, 0.717) is 5.56 Å². The number of aromatic nitrogens is 1. The van der Waals surface area contributed by atoms with Crippen molar-refractivity contribution in [2.75, 3.05) is 5.32 Å². The highest BCUT2D eigenvalue weighted by molar-refractivity contribution is 6.06. The molecule has 1 aromatic heterocycles. The smallest absolute Gasteiger partial charge is 0.235 e. The second-order valence-corrected chi connectivity index (χ2v) is 6.43. The standard InChI is InChI=1S/C19H17N3O/c20-10-13-8-15(12-21-11-13)14-4-5-17-16(9-14)19(18(23)22-17)6-2-1-3-7-19/h4-5,8-9,11-12H,1-3,6-7H2,(H,22,23). The van der Waals surface area contributed by atoms with E-state index in [1.165, 1.54) is 6.42 Å². The van der Waals surface area contributed by atoms with Gasteiger partial charge in [0.25, 0.3) is 0 Å². The van der Waals surface area contributed by atoms with Crippen LogP contribution < -0.4 is 5.32 Å². The van der Waals surface area contributed by atoms with Gasteiger partial charge in [-0.2, -0.15) is 5.26 Å². The van der Waals surface area contributed by atoms with Gasteiger partial charge in [0.1, 0.15) is 6.07 Å². The summed E-state index contributed by atoms with van der Waals surface area (Å²) in [4.78, 5) is 16.7. The average molecular weight is 303 g/mol. The number of carbonyl (C=O) groups is 1. The van der Waals surface area contributed by atoms with Crippen LogP contribution >= 0.6 is 0 Å². The molecule has 2 heterocycles. The van der Waals surface area contributed by atoms with Crippen molar-refractivity contribution in [3.8, 4) is 17.2 Å². The van der Waals surface area contributed by atoms with Gasteiger partial charge in [-0.1, -0.05) is 25.3 Å². The van der Waals surface area contributed by atoms with Gasteiger partial charge in [0.15, 0.2) is 0 Å². The molecular weight excluding hydrogens is 286 g/mol. The van der Waals surface area contributed by atoms with E-state index < -0.39 is 0 Å². The predicted octanol–water partition coefficient (Wildman–Crippen LogP) is 3.77. The Bertz CT molecular complexity index is 829. The largest absolute Gasteiger partial charge is 0.325 e. The zero-order valence-electron chi connectivity index (χ0n) is 12.8. The Balaban J connectivity index is 1.82. The van der Waals surface area contributed by atoms with Gasteiger partial charge in [-0.15, -0.1) is 0 Å². The van der Waals surface area contributed by atoms with Crippen LogP contribution in [0.2, 0.25) is 0 Å². The number of nitrogens with one attached hydrogen (secondary N) is 1. The van der Waals surface area contributed by atoms with Crippen molar-refractivity contribution in [1.82, 2.24) is 4.98 Å². The van der Waals surface area contributed by atoms with Crippen molar-refractivity contribution >= 4 is 11.6 Å². The van der Waals surface area contributed by atoms with Gasteiger partial charge in [-0.3, -0.25) is 9.78 Å². The van der Waals surface area contributed by atoms with Crippen LogP contribution in [-0.4, -0.2) is 10.9 Å². The third-order valence-corrected chi connectivity index (χ3v) is 5.13. The van der Waals surface area contributed by atoms with Crippen molar-refractivity contribution in [1.29, 1.82) is 5.26 Å². The highest BCUT2D eigenvalue weighted by Crippen LogP contribution is 2.48. The molecule has 0 saturated heterocycles. The maximum absolute atomic E-state index is 12.6. The number of nitrogens with zero attached hydrogens (tertiary/aromatic N) is 2. The van der Waals surface area contributed by atoms with Crippen molar-refractivity contribution < 1.29 is 4.79 Å². The molecule has 1 amide bonds. The number of anilines is 1. The molecule has 2 aliphatic rings. The van der Waals surface area contributed by atoms with Gasteiger partial charge >= 0.3 is 0 Å². The quantitative estimate of drug-likeness (QED) is 0.872. The van der Waals surface area contributed by atoms with Gasteiger partial charge in [0.2, 0.25) is 5.91 Å². The fourth-order valence-corrected chi connectivity index (χ4v) is 3.90. The fourth-order valence-electron chi connectivity index (χ4n) is 3.90. The molecule has 4 rings (SSSR count). The number of fused-ring (bicyclic) bond motifs is 2. The number of nitriles is 1. The lowest BCUT2D eigenvalue weighted by molar-refractivity contribution is -0.121. The highest BCUT2D eigenvalue weighted by Gasteiger charge is 2.47. The number of rotatable bonds is 1. The van der Waals surface area contributed by atoms with Crippen molar-refractivity contribution in [2.45, 2.75) is 37.5 Å². The molecule has 4 heteroatoms. The first-order valence-electron chi connectivity index (χ1n) is 8.04. The molecule has 2 aromatic rings. The lowest BCUT2D eigenvalue weighted by atomic mass is 9.70. The molecule has 1 aliphatic carbocycles. The zero-order chi connectivity index (χ0) is 15.9. The van der Waals surface area contributed by atoms with Crippen LogP contribution in [0.3, 0.4) is 0 Å². The summed E-state index contributed by atoms with van der Waals surface area (Å²) in [6.07, 6.45) is 8.58. The topological polar surface area (TPSA) is 65.8 Å². The predicted molar refractivity (Wildman–Crippen MR) is 87.8 cm³/mol. The van der Waals surface area contributed by atoms with Crippen LogP contribution in [0.1, 0.15) is 43.2 Å². The van der Waals surface area contributed by atoms with Crippen LogP contribution in [0.25, 0.3) is 11.1 Å². The molecule has 0 atom stereocenters. The lowest BCUT2D eigenvalue weighted by Gasteiger charge is -2.31. The average Bonchev–Trinajstić information content (AvgIpc) is 2.87. The summed E-state index contributed by atoms with van der Waals surface area (Å²) in [6, 6.07) is 10.0. The van der Waals surface area contributed by atoms with Gasteiger partial charge in [0.05, 0.1) is 11.0 Å². The van der Waals surface area contributed by atoms with Crippen LogP contribution in [0.5, 0.6) is 0 Å². The van der Waals surface area contributed by atoms with Crippen LogP contribution in [0.4, 0.5) is 5.69 Å². The molecule has 0 bridgehead atoms. The van der Waals surface area contributed by atoms with Crippen molar-refractivity contribution in [2.24, 2.45) is 0 Å². The van der Waals surface area contributed by atoms with Gasteiger partial charge in [-0.05, 0) is 42.2 Å². The molecule has 1 aromatic carbocycles. The first kappa shape index (κ1) is 14.0. The van der Waals surface area contributed by atoms with E-state index in [4.69, 9.17) is 5.26 Å². The van der Waals surface area contributed by atoms with Crippen LogP contribution in [0.15, 0.2) is 36.7 Å². The molecular formula is C19H17N3O. The Kier molecular flexibility index (Phi) is 3.16. The summed E-state index contributed by atoms with van der Waals surface area (Å²) in [5.41, 5.74) is 4.16. The SMILES string of the molecule is N#Cc1cncc(-c2ccc3c(c2)C2(CCCCC2)C(=O)N3)c1. The fraction of sp³-hybridized carbons (Fsp3) is 0.316. The maximum atomic E-state index is 12.6. The van der Waals surface area contributed by atoms with E-state index in [-0.39, 0.29) is 11.3 Å². The lowest BCUT2D eigenvalue weighted by Crippen LogP contribution is -2.36. The van der Waals surface area contributed by atoms with E-state index >= 15 is 0 Å². The minimum Gasteiger partial charge on any atom is -0.325 e.